The second-order valence-corrected chi connectivity index (χ2v) is 8.17. The first-order chi connectivity index (χ1) is 13.4. The fourth-order valence-corrected chi connectivity index (χ4v) is 3.79. The van der Waals surface area contributed by atoms with E-state index >= 15 is 0 Å². The Labute approximate surface area is 172 Å². The zero-order chi connectivity index (χ0) is 20.1. The van der Waals surface area contributed by atoms with Gasteiger partial charge in [-0.05, 0) is 68.5 Å². The summed E-state index contributed by atoms with van der Waals surface area (Å²) in [4.78, 5) is 14.9. The second kappa shape index (κ2) is 9.33. The molecule has 0 saturated carbocycles. The number of benzene rings is 2. The first kappa shape index (κ1) is 20.5. The Morgan fingerprint density at radius 2 is 1.96 bits per heavy atom. The molecule has 0 spiro atoms. The number of amides is 1. The molecule has 0 radical (unpaired) electrons. The van der Waals surface area contributed by atoms with Gasteiger partial charge in [-0.2, -0.15) is 0 Å². The zero-order valence-corrected chi connectivity index (χ0v) is 17.6. The van der Waals surface area contributed by atoms with Crippen LogP contribution in [0.2, 0.25) is 5.02 Å². The Morgan fingerprint density at radius 1 is 1.21 bits per heavy atom. The quantitative estimate of drug-likeness (QED) is 0.722. The van der Waals surface area contributed by atoms with Crippen LogP contribution < -0.4 is 15.0 Å². The molecule has 0 aromatic heterocycles. The molecule has 4 nitrogen and oxygen atoms in total. The Balaban J connectivity index is 1.56. The molecule has 3 rings (SSSR count). The van der Waals surface area contributed by atoms with Crippen LogP contribution in [0.1, 0.15) is 45.2 Å². The largest absolute Gasteiger partial charge is 0.481 e. The first-order valence-electron chi connectivity index (χ1n) is 10.00. The van der Waals surface area contributed by atoms with E-state index in [9.17, 15) is 4.79 Å². The second-order valence-electron chi connectivity index (χ2n) is 7.73. The van der Waals surface area contributed by atoms with Crippen molar-refractivity contribution in [2.75, 3.05) is 18.0 Å². The Hall–Kier alpha value is -2.20. The molecule has 1 amide bonds. The SMILES string of the molecule is C[C@@H]1CCCN(c2ccc([C@H](C)NC(=O)[C@@H](C)Oc3cccc(Cl)c3)cc2)C1. The van der Waals surface area contributed by atoms with Crippen molar-refractivity contribution >= 4 is 23.2 Å². The minimum Gasteiger partial charge on any atom is -0.481 e. The molecule has 5 heteroatoms. The molecule has 150 valence electrons. The highest BCUT2D eigenvalue weighted by Gasteiger charge is 2.19. The fraction of sp³-hybridized carbons (Fsp3) is 0.435. The Bertz CT molecular complexity index is 793. The normalized spacial score (nSPS) is 19.0. The number of hydrogen-bond donors (Lipinski definition) is 1. The van der Waals surface area contributed by atoms with E-state index in [1.165, 1.54) is 18.5 Å². The predicted molar refractivity (Wildman–Crippen MR) is 115 cm³/mol. The Morgan fingerprint density at radius 3 is 2.64 bits per heavy atom. The standard InChI is InChI=1S/C23H29ClN2O2/c1-16-6-5-13-26(15-16)21-11-9-19(10-12-21)17(2)25-23(27)18(3)28-22-8-4-7-20(24)14-22/h4,7-12,14,16-18H,5-6,13,15H2,1-3H3,(H,25,27)/t16-,17+,18-/m1/s1. The van der Waals surface area contributed by atoms with E-state index in [1.807, 2.05) is 6.92 Å². The third kappa shape index (κ3) is 5.41. The average molecular weight is 401 g/mol. The van der Waals surface area contributed by atoms with E-state index in [-0.39, 0.29) is 11.9 Å². The molecule has 0 unspecified atom stereocenters. The van der Waals surface area contributed by atoms with Crippen molar-refractivity contribution < 1.29 is 9.53 Å². The van der Waals surface area contributed by atoms with Crippen molar-refractivity contribution in [1.29, 1.82) is 0 Å². The maximum absolute atomic E-state index is 12.5. The summed E-state index contributed by atoms with van der Waals surface area (Å²) in [5, 5.41) is 3.61. The maximum atomic E-state index is 12.5. The van der Waals surface area contributed by atoms with Crippen LogP contribution in [0, 0.1) is 5.92 Å². The number of ether oxygens (including phenoxy) is 1. The first-order valence-corrected chi connectivity index (χ1v) is 10.4. The van der Waals surface area contributed by atoms with Crippen LogP contribution in [0.5, 0.6) is 5.75 Å². The lowest BCUT2D eigenvalue weighted by atomic mass is 9.99. The van der Waals surface area contributed by atoms with Gasteiger partial charge in [0.15, 0.2) is 6.10 Å². The van der Waals surface area contributed by atoms with E-state index in [0.29, 0.717) is 10.8 Å². The van der Waals surface area contributed by atoms with Gasteiger partial charge in [-0.15, -0.1) is 0 Å². The summed E-state index contributed by atoms with van der Waals surface area (Å²) in [6, 6.07) is 15.5. The van der Waals surface area contributed by atoms with Gasteiger partial charge in [-0.25, -0.2) is 0 Å². The van der Waals surface area contributed by atoms with Crippen LogP contribution >= 0.6 is 11.6 Å². The molecular weight excluding hydrogens is 372 g/mol. The van der Waals surface area contributed by atoms with Crippen LogP contribution in [-0.4, -0.2) is 25.1 Å². The lowest BCUT2D eigenvalue weighted by Crippen LogP contribution is -2.37. The fourth-order valence-electron chi connectivity index (χ4n) is 3.61. The van der Waals surface area contributed by atoms with Crippen molar-refractivity contribution in [3.63, 3.8) is 0 Å². The van der Waals surface area contributed by atoms with Gasteiger partial charge in [0.05, 0.1) is 6.04 Å². The summed E-state index contributed by atoms with van der Waals surface area (Å²) in [6.07, 6.45) is 1.96. The van der Waals surface area contributed by atoms with Gasteiger partial charge >= 0.3 is 0 Å². The van der Waals surface area contributed by atoms with Crippen molar-refractivity contribution in [1.82, 2.24) is 5.32 Å². The molecule has 1 fully saturated rings. The molecular formula is C23H29ClN2O2. The number of rotatable bonds is 6. The number of carbonyl (C=O) groups excluding carboxylic acids is 1. The minimum absolute atomic E-state index is 0.0905. The highest BCUT2D eigenvalue weighted by atomic mass is 35.5. The molecule has 1 aliphatic heterocycles. The van der Waals surface area contributed by atoms with Gasteiger partial charge in [0, 0.05) is 23.8 Å². The number of carbonyl (C=O) groups is 1. The third-order valence-corrected chi connectivity index (χ3v) is 5.49. The molecule has 1 saturated heterocycles. The summed E-state index contributed by atoms with van der Waals surface area (Å²) < 4.78 is 5.70. The maximum Gasteiger partial charge on any atom is 0.261 e. The zero-order valence-electron chi connectivity index (χ0n) is 16.8. The summed E-state index contributed by atoms with van der Waals surface area (Å²) in [6.45, 7) is 8.27. The van der Waals surface area contributed by atoms with Crippen LogP contribution in [0.25, 0.3) is 0 Å². The predicted octanol–water partition coefficient (Wildman–Crippen LogP) is 5.22. The summed E-state index contributed by atoms with van der Waals surface area (Å²) in [7, 11) is 0. The molecule has 3 atom stereocenters. The van der Waals surface area contributed by atoms with Crippen molar-refractivity contribution in [2.24, 2.45) is 5.92 Å². The topological polar surface area (TPSA) is 41.6 Å². The van der Waals surface area contributed by atoms with Gasteiger partial charge in [0.2, 0.25) is 0 Å². The van der Waals surface area contributed by atoms with Crippen molar-refractivity contribution in [3.8, 4) is 5.75 Å². The van der Waals surface area contributed by atoms with Crippen LogP contribution in [0.3, 0.4) is 0 Å². The van der Waals surface area contributed by atoms with Crippen LogP contribution in [-0.2, 0) is 4.79 Å². The van der Waals surface area contributed by atoms with Gasteiger partial charge < -0.3 is 15.0 Å². The highest BCUT2D eigenvalue weighted by molar-refractivity contribution is 6.30. The minimum atomic E-state index is -0.602. The van der Waals surface area contributed by atoms with E-state index in [4.69, 9.17) is 16.3 Å². The summed E-state index contributed by atoms with van der Waals surface area (Å²) >= 11 is 5.97. The number of piperidine rings is 1. The third-order valence-electron chi connectivity index (χ3n) is 5.25. The summed E-state index contributed by atoms with van der Waals surface area (Å²) in [5.41, 5.74) is 2.34. The van der Waals surface area contributed by atoms with Crippen LogP contribution in [0.4, 0.5) is 5.69 Å². The monoisotopic (exact) mass is 400 g/mol. The molecule has 1 heterocycles. The van der Waals surface area contributed by atoms with Gasteiger partial charge in [0.25, 0.3) is 5.91 Å². The van der Waals surface area contributed by atoms with E-state index in [2.05, 4.69) is 41.4 Å². The van der Waals surface area contributed by atoms with Crippen molar-refractivity contribution in [3.05, 3.63) is 59.1 Å². The lowest BCUT2D eigenvalue weighted by Gasteiger charge is -2.33. The van der Waals surface area contributed by atoms with Gasteiger partial charge in [-0.1, -0.05) is 36.7 Å². The molecule has 1 aliphatic rings. The van der Waals surface area contributed by atoms with Crippen molar-refractivity contribution in [2.45, 2.75) is 45.8 Å². The molecule has 2 aromatic rings. The van der Waals surface area contributed by atoms with Crippen LogP contribution in [0.15, 0.2) is 48.5 Å². The number of halogens is 1. The molecule has 28 heavy (non-hydrogen) atoms. The molecule has 1 N–H and O–H groups in total. The highest BCUT2D eigenvalue weighted by Crippen LogP contribution is 2.25. The van der Waals surface area contributed by atoms with E-state index in [1.54, 1.807) is 31.2 Å². The summed E-state index contributed by atoms with van der Waals surface area (Å²) in [5.74, 6) is 1.18. The van der Waals surface area contributed by atoms with Gasteiger partial charge in [-0.3, -0.25) is 4.79 Å². The number of nitrogens with zero attached hydrogens (tertiary/aromatic N) is 1. The number of anilines is 1. The average Bonchev–Trinajstić information content (AvgIpc) is 2.68. The molecule has 2 aromatic carbocycles. The molecule has 0 bridgehead atoms. The van der Waals surface area contributed by atoms with E-state index < -0.39 is 6.10 Å². The number of hydrogen-bond acceptors (Lipinski definition) is 3. The number of nitrogens with one attached hydrogen (secondary N) is 1. The van der Waals surface area contributed by atoms with Gasteiger partial charge in [0.1, 0.15) is 5.75 Å². The molecule has 0 aliphatic carbocycles. The van der Waals surface area contributed by atoms with E-state index in [0.717, 1.165) is 24.6 Å². The Kier molecular flexibility index (Phi) is 6.84. The lowest BCUT2D eigenvalue weighted by molar-refractivity contribution is -0.127. The smallest absolute Gasteiger partial charge is 0.261 e.